The number of carbonyl (C=O) groups is 1. The summed E-state index contributed by atoms with van der Waals surface area (Å²) in [4.78, 5) is 14.0. The molecule has 1 aromatic rings. The number of hydrogen-bond donors (Lipinski definition) is 0. The van der Waals surface area contributed by atoms with Crippen molar-refractivity contribution in [2.75, 3.05) is 13.1 Å². The van der Waals surface area contributed by atoms with Crippen LogP contribution in [0.2, 0.25) is 0 Å². The Hall–Kier alpha value is -1.03. The fourth-order valence-electron chi connectivity index (χ4n) is 2.66. The summed E-state index contributed by atoms with van der Waals surface area (Å²) in [5.74, 6) is 1.66. The van der Waals surface area contributed by atoms with E-state index in [1.807, 2.05) is 30.0 Å². The first-order chi connectivity index (χ1) is 8.95. The molecule has 0 bridgehead atoms. The molecule has 0 saturated carbocycles. The van der Waals surface area contributed by atoms with E-state index in [4.69, 9.17) is 4.74 Å². The Bertz CT molecular complexity index is 465. The van der Waals surface area contributed by atoms with Crippen LogP contribution in [0.1, 0.15) is 25.8 Å². The van der Waals surface area contributed by atoms with Gasteiger partial charge in [0.15, 0.2) is 0 Å². The van der Waals surface area contributed by atoms with Crippen LogP contribution in [0.4, 0.5) is 4.79 Å². The number of nitrogens with zero attached hydrogens (tertiary/aromatic N) is 1. The molecule has 0 aromatic heterocycles. The number of likely N-dealkylation sites (tertiary alicyclic amines) is 1. The molecule has 3 nitrogen and oxygen atoms in total. The van der Waals surface area contributed by atoms with E-state index < -0.39 is 0 Å². The minimum atomic E-state index is -0.247. The molecule has 104 valence electrons. The van der Waals surface area contributed by atoms with E-state index >= 15 is 0 Å². The van der Waals surface area contributed by atoms with Crippen molar-refractivity contribution in [3.05, 3.63) is 28.2 Å². The summed E-state index contributed by atoms with van der Waals surface area (Å²) in [5, 5.41) is 0. The van der Waals surface area contributed by atoms with Crippen LogP contribution in [0.25, 0.3) is 0 Å². The molecule has 1 aliphatic heterocycles. The van der Waals surface area contributed by atoms with Gasteiger partial charge in [-0.25, -0.2) is 4.79 Å². The third kappa shape index (κ3) is 3.72. The van der Waals surface area contributed by atoms with Gasteiger partial charge in [-0.1, -0.05) is 19.9 Å². The predicted octanol–water partition coefficient (Wildman–Crippen LogP) is 4.23. The van der Waals surface area contributed by atoms with Gasteiger partial charge in [-0.05, 0) is 58.8 Å². The topological polar surface area (TPSA) is 29.5 Å². The summed E-state index contributed by atoms with van der Waals surface area (Å²) in [6.07, 6.45) is 0.931. The fraction of sp³-hybridized carbons (Fsp3) is 0.533. The van der Waals surface area contributed by atoms with Crippen LogP contribution in [0, 0.1) is 18.8 Å². The molecule has 0 aliphatic carbocycles. The van der Waals surface area contributed by atoms with Gasteiger partial charge >= 0.3 is 6.09 Å². The van der Waals surface area contributed by atoms with E-state index in [1.54, 1.807) is 0 Å². The number of carbonyl (C=O) groups excluding carboxylic acids is 1. The van der Waals surface area contributed by atoms with E-state index in [9.17, 15) is 4.79 Å². The molecule has 0 radical (unpaired) electrons. The Balaban J connectivity index is 2.04. The predicted molar refractivity (Wildman–Crippen MR) is 79.4 cm³/mol. The highest BCUT2D eigenvalue weighted by molar-refractivity contribution is 9.10. The second-order valence-corrected chi connectivity index (χ2v) is 6.51. The summed E-state index contributed by atoms with van der Waals surface area (Å²) in [7, 11) is 0. The van der Waals surface area contributed by atoms with Crippen molar-refractivity contribution < 1.29 is 9.53 Å². The minimum Gasteiger partial charge on any atom is -0.409 e. The van der Waals surface area contributed by atoms with Crippen molar-refractivity contribution in [1.82, 2.24) is 4.90 Å². The molecule has 19 heavy (non-hydrogen) atoms. The van der Waals surface area contributed by atoms with Crippen molar-refractivity contribution in [1.29, 1.82) is 0 Å². The van der Waals surface area contributed by atoms with Crippen LogP contribution in [-0.2, 0) is 0 Å². The Kier molecular flexibility index (Phi) is 4.50. The minimum absolute atomic E-state index is 0.247. The first kappa shape index (κ1) is 14.4. The second kappa shape index (κ2) is 5.95. The molecule has 2 rings (SSSR count). The van der Waals surface area contributed by atoms with Gasteiger partial charge in [0.1, 0.15) is 5.75 Å². The summed E-state index contributed by atoms with van der Waals surface area (Å²) in [6.45, 7) is 7.93. The number of benzene rings is 1. The first-order valence-corrected chi connectivity index (χ1v) is 7.48. The Morgan fingerprint density at radius 2 is 1.95 bits per heavy atom. The Morgan fingerprint density at radius 1 is 1.32 bits per heavy atom. The molecule has 1 fully saturated rings. The maximum Gasteiger partial charge on any atom is 0.415 e. The molecule has 1 heterocycles. The van der Waals surface area contributed by atoms with Gasteiger partial charge < -0.3 is 9.64 Å². The van der Waals surface area contributed by atoms with Gasteiger partial charge in [0, 0.05) is 13.1 Å². The van der Waals surface area contributed by atoms with Gasteiger partial charge in [-0.2, -0.15) is 0 Å². The molecule has 0 spiro atoms. The van der Waals surface area contributed by atoms with Crippen molar-refractivity contribution in [3.8, 4) is 5.75 Å². The smallest absolute Gasteiger partial charge is 0.409 e. The molecule has 1 aromatic carbocycles. The monoisotopic (exact) mass is 325 g/mol. The van der Waals surface area contributed by atoms with E-state index in [0.717, 1.165) is 23.1 Å². The van der Waals surface area contributed by atoms with Gasteiger partial charge in [-0.15, -0.1) is 0 Å². The number of ether oxygens (including phenoxy) is 1. The van der Waals surface area contributed by atoms with Crippen LogP contribution in [0.5, 0.6) is 5.75 Å². The lowest BCUT2D eigenvalue weighted by atomic mass is 9.92. The zero-order valence-electron chi connectivity index (χ0n) is 11.6. The standard InChI is InChI=1S/C15H20BrNO2/c1-10-4-5-14(13(16)7-10)19-15(18)17-8-11(2)6-12(3)9-17/h4-5,7,11-12H,6,8-9H2,1-3H3. The van der Waals surface area contributed by atoms with Gasteiger partial charge in [0.2, 0.25) is 0 Å². The first-order valence-electron chi connectivity index (χ1n) is 6.68. The van der Waals surface area contributed by atoms with Crippen LogP contribution in [-0.4, -0.2) is 24.1 Å². The maximum absolute atomic E-state index is 12.2. The number of aryl methyl sites for hydroxylation is 1. The zero-order valence-corrected chi connectivity index (χ0v) is 13.2. The number of piperidine rings is 1. The SMILES string of the molecule is Cc1ccc(OC(=O)N2CC(C)CC(C)C2)c(Br)c1. The largest absolute Gasteiger partial charge is 0.415 e. The third-order valence-corrected chi connectivity index (χ3v) is 4.03. The van der Waals surface area contributed by atoms with E-state index in [1.165, 1.54) is 6.42 Å². The third-order valence-electron chi connectivity index (χ3n) is 3.41. The molecule has 2 atom stereocenters. The lowest BCUT2D eigenvalue weighted by Gasteiger charge is -2.34. The number of rotatable bonds is 1. The molecular formula is C15H20BrNO2. The van der Waals surface area contributed by atoms with Gasteiger partial charge in [-0.3, -0.25) is 0 Å². The Morgan fingerprint density at radius 3 is 2.53 bits per heavy atom. The average molecular weight is 326 g/mol. The zero-order chi connectivity index (χ0) is 14.0. The fourth-order valence-corrected chi connectivity index (χ4v) is 3.23. The van der Waals surface area contributed by atoms with Crippen molar-refractivity contribution in [2.24, 2.45) is 11.8 Å². The summed E-state index contributed by atoms with van der Waals surface area (Å²) < 4.78 is 6.29. The molecule has 1 aliphatic rings. The lowest BCUT2D eigenvalue weighted by molar-refractivity contribution is 0.111. The number of halogens is 1. The molecule has 0 N–H and O–H groups in total. The van der Waals surface area contributed by atoms with E-state index in [-0.39, 0.29) is 6.09 Å². The van der Waals surface area contributed by atoms with Crippen LogP contribution >= 0.6 is 15.9 Å². The van der Waals surface area contributed by atoms with Crippen LogP contribution in [0.3, 0.4) is 0 Å². The summed E-state index contributed by atoms with van der Waals surface area (Å²) in [5.41, 5.74) is 1.13. The van der Waals surface area contributed by atoms with E-state index in [2.05, 4.69) is 29.8 Å². The van der Waals surface area contributed by atoms with Crippen molar-refractivity contribution >= 4 is 22.0 Å². The maximum atomic E-state index is 12.2. The molecule has 1 amide bonds. The molecular weight excluding hydrogens is 306 g/mol. The Labute approximate surface area is 123 Å². The normalized spacial score (nSPS) is 23.3. The highest BCUT2D eigenvalue weighted by Gasteiger charge is 2.26. The van der Waals surface area contributed by atoms with Gasteiger partial charge in [0.25, 0.3) is 0 Å². The van der Waals surface area contributed by atoms with Crippen molar-refractivity contribution in [2.45, 2.75) is 27.2 Å². The summed E-state index contributed by atoms with van der Waals surface area (Å²) in [6, 6.07) is 5.72. The second-order valence-electron chi connectivity index (χ2n) is 5.65. The molecule has 4 heteroatoms. The summed E-state index contributed by atoms with van der Waals surface area (Å²) >= 11 is 3.43. The van der Waals surface area contributed by atoms with Gasteiger partial charge in [0.05, 0.1) is 4.47 Å². The number of hydrogen-bond acceptors (Lipinski definition) is 2. The van der Waals surface area contributed by atoms with Crippen molar-refractivity contribution in [3.63, 3.8) is 0 Å². The van der Waals surface area contributed by atoms with E-state index in [0.29, 0.717) is 17.6 Å². The van der Waals surface area contributed by atoms with Crippen LogP contribution < -0.4 is 4.74 Å². The quantitative estimate of drug-likeness (QED) is 0.773. The lowest BCUT2D eigenvalue weighted by Crippen LogP contribution is -2.44. The van der Waals surface area contributed by atoms with Crippen LogP contribution in [0.15, 0.2) is 22.7 Å². The molecule has 2 unspecified atom stereocenters. The number of amides is 1. The molecule has 1 saturated heterocycles. The highest BCUT2D eigenvalue weighted by atomic mass is 79.9. The average Bonchev–Trinajstić information content (AvgIpc) is 2.31. The highest BCUT2D eigenvalue weighted by Crippen LogP contribution is 2.27.